The Kier molecular flexibility index (Phi) is 3.88. The van der Waals surface area contributed by atoms with Crippen LogP contribution in [0, 0.1) is 0 Å². The molecule has 0 aliphatic heterocycles. The lowest BCUT2D eigenvalue weighted by atomic mass is 9.94. The van der Waals surface area contributed by atoms with Crippen LogP contribution in [0.1, 0.15) is 5.56 Å². The molecule has 0 unspecified atom stereocenters. The molecule has 0 saturated heterocycles. The minimum atomic E-state index is -2.18. The number of carboxylic acids is 1. The van der Waals surface area contributed by atoms with Crippen molar-refractivity contribution >= 4 is 33.5 Å². The van der Waals surface area contributed by atoms with E-state index in [2.05, 4.69) is 26.0 Å². The third kappa shape index (κ3) is 2.78. The largest absolute Gasteiger partial charge is 0.479 e. The van der Waals surface area contributed by atoms with E-state index >= 15 is 0 Å². The van der Waals surface area contributed by atoms with Gasteiger partial charge in [-0.1, -0.05) is 33.6 Å². The van der Waals surface area contributed by atoms with E-state index in [1.54, 1.807) is 6.07 Å². The van der Waals surface area contributed by atoms with Gasteiger partial charge in [0.05, 0.1) is 6.54 Å². The van der Waals surface area contributed by atoms with Crippen LogP contribution in [0.25, 0.3) is 0 Å². The zero-order valence-electron chi connectivity index (χ0n) is 9.49. The van der Waals surface area contributed by atoms with Crippen LogP contribution in [0.2, 0.25) is 5.02 Å². The van der Waals surface area contributed by atoms with Crippen LogP contribution in [0.3, 0.4) is 0 Å². The Bertz CT molecular complexity index is 605. The Balaban J connectivity index is 2.47. The summed E-state index contributed by atoms with van der Waals surface area (Å²) >= 11 is 9.22. The van der Waals surface area contributed by atoms with Crippen LogP contribution in [0.5, 0.6) is 0 Å². The van der Waals surface area contributed by atoms with Gasteiger partial charge in [-0.3, -0.25) is 0 Å². The average Bonchev–Trinajstić information content (AvgIpc) is 2.81. The van der Waals surface area contributed by atoms with Crippen molar-refractivity contribution in [2.75, 3.05) is 0 Å². The molecule has 0 aliphatic rings. The van der Waals surface area contributed by atoms with Crippen molar-refractivity contribution in [2.24, 2.45) is 0 Å². The lowest BCUT2D eigenvalue weighted by molar-refractivity contribution is -0.161. The van der Waals surface area contributed by atoms with E-state index in [0.717, 1.165) is 0 Å². The maximum atomic E-state index is 11.4. The summed E-state index contributed by atoms with van der Waals surface area (Å²) in [5, 5.41) is 23.7. The lowest BCUT2D eigenvalue weighted by Crippen LogP contribution is -2.40. The number of aromatic nitrogens is 3. The first-order valence-corrected chi connectivity index (χ1v) is 6.34. The normalized spacial score (nSPS) is 14.1. The maximum absolute atomic E-state index is 11.4. The molecule has 1 aromatic carbocycles. The second kappa shape index (κ2) is 5.28. The summed E-state index contributed by atoms with van der Waals surface area (Å²) in [6, 6.07) is 4.58. The summed E-state index contributed by atoms with van der Waals surface area (Å²) in [5.41, 5.74) is -2.08. The SMILES string of the molecule is O=C(O)[C@](O)(Cn1cncn1)c1ccc(Br)cc1Cl. The monoisotopic (exact) mass is 345 g/mol. The molecule has 6 nitrogen and oxygen atoms in total. The fraction of sp³-hybridized carbons (Fsp3) is 0.182. The molecule has 0 saturated carbocycles. The van der Waals surface area contributed by atoms with Crippen LogP contribution in [-0.2, 0) is 16.9 Å². The Labute approximate surface area is 121 Å². The fourth-order valence-electron chi connectivity index (χ4n) is 1.64. The van der Waals surface area contributed by atoms with Crippen LogP contribution in [-0.4, -0.2) is 30.9 Å². The van der Waals surface area contributed by atoms with Gasteiger partial charge in [-0.05, 0) is 12.1 Å². The molecule has 0 bridgehead atoms. The van der Waals surface area contributed by atoms with Crippen molar-refractivity contribution in [1.29, 1.82) is 0 Å². The molecule has 1 aromatic heterocycles. The first kappa shape index (κ1) is 14.0. The number of carbonyl (C=O) groups is 1. The summed E-state index contributed by atoms with van der Waals surface area (Å²) in [6.07, 6.45) is 2.58. The van der Waals surface area contributed by atoms with Gasteiger partial charge in [-0.25, -0.2) is 14.5 Å². The van der Waals surface area contributed by atoms with Gasteiger partial charge in [-0.15, -0.1) is 0 Å². The zero-order valence-corrected chi connectivity index (χ0v) is 11.8. The molecule has 0 amide bonds. The highest BCUT2D eigenvalue weighted by molar-refractivity contribution is 9.10. The summed E-state index contributed by atoms with van der Waals surface area (Å²) in [5.74, 6) is -1.41. The Morgan fingerprint density at radius 2 is 2.26 bits per heavy atom. The van der Waals surface area contributed by atoms with E-state index in [4.69, 9.17) is 11.6 Å². The van der Waals surface area contributed by atoms with Gasteiger partial charge in [0.2, 0.25) is 5.60 Å². The minimum Gasteiger partial charge on any atom is -0.479 e. The van der Waals surface area contributed by atoms with Gasteiger partial charge >= 0.3 is 5.97 Å². The highest BCUT2D eigenvalue weighted by atomic mass is 79.9. The summed E-state index contributed by atoms with van der Waals surface area (Å²) in [7, 11) is 0. The highest BCUT2D eigenvalue weighted by Crippen LogP contribution is 2.32. The summed E-state index contributed by atoms with van der Waals surface area (Å²) in [4.78, 5) is 15.1. The van der Waals surface area contributed by atoms with E-state index in [1.165, 1.54) is 29.5 Å². The van der Waals surface area contributed by atoms with Crippen molar-refractivity contribution in [2.45, 2.75) is 12.1 Å². The Morgan fingerprint density at radius 3 is 2.79 bits per heavy atom. The van der Waals surface area contributed by atoms with Gasteiger partial charge in [0, 0.05) is 15.1 Å². The molecule has 2 rings (SSSR count). The van der Waals surface area contributed by atoms with Crippen molar-refractivity contribution in [3.8, 4) is 0 Å². The molecule has 100 valence electrons. The van der Waals surface area contributed by atoms with Crippen LogP contribution in [0.15, 0.2) is 35.3 Å². The van der Waals surface area contributed by atoms with Crippen molar-refractivity contribution < 1.29 is 15.0 Å². The molecule has 8 heteroatoms. The average molecular weight is 347 g/mol. The predicted molar refractivity (Wildman–Crippen MR) is 70.7 cm³/mol. The molecule has 2 aromatic rings. The van der Waals surface area contributed by atoms with Crippen molar-refractivity contribution in [3.05, 3.63) is 45.9 Å². The second-order valence-electron chi connectivity index (χ2n) is 3.88. The van der Waals surface area contributed by atoms with Crippen LogP contribution >= 0.6 is 27.5 Å². The molecule has 0 fully saturated rings. The van der Waals surface area contributed by atoms with Gasteiger partial charge in [0.15, 0.2) is 0 Å². The predicted octanol–water partition coefficient (Wildman–Crippen LogP) is 1.67. The Hall–Kier alpha value is -1.44. The molecule has 0 radical (unpaired) electrons. The van der Waals surface area contributed by atoms with Gasteiger partial charge in [-0.2, -0.15) is 5.10 Å². The number of benzene rings is 1. The maximum Gasteiger partial charge on any atom is 0.342 e. The van der Waals surface area contributed by atoms with E-state index in [0.29, 0.717) is 4.47 Å². The second-order valence-corrected chi connectivity index (χ2v) is 5.21. The van der Waals surface area contributed by atoms with Crippen molar-refractivity contribution in [3.63, 3.8) is 0 Å². The lowest BCUT2D eigenvalue weighted by Gasteiger charge is -2.24. The number of aliphatic hydroxyl groups is 1. The number of nitrogens with zero attached hydrogens (tertiary/aromatic N) is 3. The minimum absolute atomic E-state index is 0.0976. The quantitative estimate of drug-likeness (QED) is 0.879. The molecular weight excluding hydrogens is 337 g/mol. The highest BCUT2D eigenvalue weighted by Gasteiger charge is 2.40. The van der Waals surface area contributed by atoms with E-state index in [-0.39, 0.29) is 17.1 Å². The van der Waals surface area contributed by atoms with Crippen LogP contribution < -0.4 is 0 Å². The summed E-state index contributed by atoms with van der Waals surface area (Å²) in [6.45, 7) is -0.288. The Morgan fingerprint density at radius 1 is 1.53 bits per heavy atom. The molecule has 2 N–H and O–H groups in total. The van der Waals surface area contributed by atoms with E-state index < -0.39 is 11.6 Å². The third-order valence-corrected chi connectivity index (χ3v) is 3.39. The molecule has 0 spiro atoms. The van der Waals surface area contributed by atoms with E-state index in [9.17, 15) is 15.0 Å². The van der Waals surface area contributed by atoms with Gasteiger partial charge in [0.25, 0.3) is 0 Å². The number of carboxylic acid groups (broad SMARTS) is 1. The number of hydrogen-bond acceptors (Lipinski definition) is 4. The van der Waals surface area contributed by atoms with Gasteiger partial charge in [0.1, 0.15) is 12.7 Å². The molecule has 0 aliphatic carbocycles. The van der Waals surface area contributed by atoms with Gasteiger partial charge < -0.3 is 10.2 Å². The topological polar surface area (TPSA) is 88.2 Å². The molecule has 19 heavy (non-hydrogen) atoms. The number of hydrogen-bond donors (Lipinski definition) is 2. The molecule has 1 atom stereocenters. The standard InChI is InChI=1S/C11H9BrClN3O3/c12-7-1-2-8(9(13)3-7)11(19,10(17)18)4-16-6-14-5-15-16/h1-3,5-6,19H,4H2,(H,17,18)/t11-/m0/s1. The molecular formula is C11H9BrClN3O3. The molecule has 1 heterocycles. The van der Waals surface area contributed by atoms with Crippen molar-refractivity contribution in [1.82, 2.24) is 14.8 Å². The fourth-order valence-corrected chi connectivity index (χ4v) is 2.47. The first-order chi connectivity index (χ1) is 8.93. The van der Waals surface area contributed by atoms with E-state index in [1.807, 2.05) is 0 Å². The smallest absolute Gasteiger partial charge is 0.342 e. The first-order valence-electron chi connectivity index (χ1n) is 5.17. The van der Waals surface area contributed by atoms with Crippen LogP contribution in [0.4, 0.5) is 0 Å². The number of rotatable bonds is 4. The third-order valence-electron chi connectivity index (χ3n) is 2.59. The zero-order chi connectivity index (χ0) is 14.0. The summed E-state index contributed by atoms with van der Waals surface area (Å²) < 4.78 is 1.92. The number of halogens is 2. The number of aliphatic carboxylic acids is 1.